The van der Waals surface area contributed by atoms with E-state index in [9.17, 15) is 4.79 Å². The molecule has 0 radical (unpaired) electrons. The van der Waals surface area contributed by atoms with Crippen molar-refractivity contribution in [3.8, 4) is 6.07 Å². The van der Waals surface area contributed by atoms with Gasteiger partial charge in [0.2, 0.25) is 0 Å². The van der Waals surface area contributed by atoms with E-state index in [2.05, 4.69) is 15.4 Å². The van der Waals surface area contributed by atoms with Crippen LogP contribution in [0, 0.1) is 11.3 Å². The highest BCUT2D eigenvalue weighted by molar-refractivity contribution is 6.03. The van der Waals surface area contributed by atoms with E-state index in [0.29, 0.717) is 22.6 Å². The number of fused-ring (bicyclic) bond motifs is 1. The fraction of sp³-hybridized carbons (Fsp3) is 0.176. The first-order valence-corrected chi connectivity index (χ1v) is 7.24. The van der Waals surface area contributed by atoms with Crippen molar-refractivity contribution in [2.75, 3.05) is 5.32 Å². The number of anilines is 1. The summed E-state index contributed by atoms with van der Waals surface area (Å²) in [6, 6.07) is 12.3. The second-order valence-electron chi connectivity index (χ2n) is 5.47. The third-order valence-corrected chi connectivity index (χ3v) is 3.46. The van der Waals surface area contributed by atoms with Gasteiger partial charge in [-0.2, -0.15) is 10.4 Å². The number of nitrogens with zero attached hydrogens (tertiary/aromatic N) is 4. The molecule has 0 aliphatic rings. The molecular formula is C17H15N5O. The van der Waals surface area contributed by atoms with Crippen LogP contribution in [0.25, 0.3) is 5.65 Å². The average molecular weight is 305 g/mol. The number of hydrogen-bond donors (Lipinski definition) is 1. The van der Waals surface area contributed by atoms with Gasteiger partial charge in [-0.05, 0) is 30.2 Å². The van der Waals surface area contributed by atoms with E-state index in [4.69, 9.17) is 5.26 Å². The summed E-state index contributed by atoms with van der Waals surface area (Å²) in [6.45, 7) is 4.07. The fourth-order valence-corrected chi connectivity index (χ4v) is 2.33. The Bertz CT molecular complexity index is 920. The zero-order chi connectivity index (χ0) is 16.4. The predicted molar refractivity (Wildman–Crippen MR) is 86.2 cm³/mol. The lowest BCUT2D eigenvalue weighted by atomic mass is 10.1. The van der Waals surface area contributed by atoms with Crippen molar-refractivity contribution in [3.05, 3.63) is 59.5 Å². The second-order valence-corrected chi connectivity index (χ2v) is 5.47. The quantitative estimate of drug-likeness (QED) is 0.806. The Labute approximate surface area is 133 Å². The highest BCUT2D eigenvalue weighted by atomic mass is 16.1. The number of hydrogen-bond acceptors (Lipinski definition) is 4. The molecule has 3 aromatic rings. The van der Waals surface area contributed by atoms with Gasteiger partial charge < -0.3 is 5.32 Å². The summed E-state index contributed by atoms with van der Waals surface area (Å²) in [6.07, 6.45) is 1.66. The maximum atomic E-state index is 12.5. The molecule has 0 spiro atoms. The molecule has 2 aromatic heterocycles. The first kappa shape index (κ1) is 14.7. The normalized spacial score (nSPS) is 10.7. The average Bonchev–Trinajstić information content (AvgIpc) is 3.02. The molecule has 1 aromatic carbocycles. The minimum absolute atomic E-state index is 0.203. The summed E-state index contributed by atoms with van der Waals surface area (Å²) in [7, 11) is 0. The molecule has 1 amide bonds. The van der Waals surface area contributed by atoms with Gasteiger partial charge in [0.15, 0.2) is 5.65 Å². The van der Waals surface area contributed by atoms with Gasteiger partial charge in [-0.25, -0.2) is 9.50 Å². The van der Waals surface area contributed by atoms with Crippen LogP contribution < -0.4 is 5.32 Å². The molecule has 0 fully saturated rings. The van der Waals surface area contributed by atoms with Crippen LogP contribution in [0.1, 0.15) is 41.5 Å². The molecule has 6 nitrogen and oxygen atoms in total. The molecule has 114 valence electrons. The molecule has 0 aliphatic heterocycles. The predicted octanol–water partition coefficient (Wildman–Crippen LogP) is 2.98. The summed E-state index contributed by atoms with van der Waals surface area (Å²) >= 11 is 0. The smallest absolute Gasteiger partial charge is 0.274 e. The van der Waals surface area contributed by atoms with Gasteiger partial charge in [-0.3, -0.25) is 4.79 Å². The monoisotopic (exact) mass is 305 g/mol. The van der Waals surface area contributed by atoms with Gasteiger partial charge in [0.25, 0.3) is 5.91 Å². The third-order valence-electron chi connectivity index (χ3n) is 3.46. The highest BCUT2D eigenvalue weighted by Crippen LogP contribution is 2.18. The maximum Gasteiger partial charge on any atom is 0.274 e. The van der Waals surface area contributed by atoms with Crippen molar-refractivity contribution >= 4 is 17.2 Å². The Balaban J connectivity index is 1.96. The van der Waals surface area contributed by atoms with Crippen molar-refractivity contribution in [2.24, 2.45) is 0 Å². The topological polar surface area (TPSA) is 83.1 Å². The van der Waals surface area contributed by atoms with Gasteiger partial charge in [-0.15, -0.1) is 0 Å². The van der Waals surface area contributed by atoms with Gasteiger partial charge in [0.1, 0.15) is 5.69 Å². The molecule has 0 unspecified atom stereocenters. The van der Waals surface area contributed by atoms with Crippen molar-refractivity contribution in [1.29, 1.82) is 5.26 Å². The number of nitrogens with one attached hydrogen (secondary N) is 1. The van der Waals surface area contributed by atoms with Crippen LogP contribution >= 0.6 is 0 Å². The molecule has 0 bridgehead atoms. The van der Waals surface area contributed by atoms with Crippen LogP contribution in [0.5, 0.6) is 0 Å². The van der Waals surface area contributed by atoms with E-state index < -0.39 is 0 Å². The molecule has 0 saturated heterocycles. The minimum Gasteiger partial charge on any atom is -0.321 e. The standard InChI is InChI=1S/C17H15N5O/c1-11(2)15-9-14(21-16-6-7-19-22(15)16)17(23)20-13-5-3-4-12(8-13)10-18/h3-9,11H,1-2H3,(H,20,23). The summed E-state index contributed by atoms with van der Waals surface area (Å²) < 4.78 is 1.73. The van der Waals surface area contributed by atoms with E-state index in [1.165, 1.54) is 0 Å². The van der Waals surface area contributed by atoms with E-state index in [1.54, 1.807) is 47.1 Å². The van der Waals surface area contributed by atoms with Crippen LogP contribution in [-0.4, -0.2) is 20.5 Å². The van der Waals surface area contributed by atoms with Gasteiger partial charge >= 0.3 is 0 Å². The number of rotatable bonds is 3. The molecule has 0 aliphatic carbocycles. The highest BCUT2D eigenvalue weighted by Gasteiger charge is 2.15. The third kappa shape index (κ3) is 2.90. The number of nitriles is 1. The molecule has 23 heavy (non-hydrogen) atoms. The molecule has 1 N–H and O–H groups in total. The van der Waals surface area contributed by atoms with Crippen LogP contribution in [0.15, 0.2) is 42.6 Å². The Hall–Kier alpha value is -3.20. The zero-order valence-electron chi connectivity index (χ0n) is 12.8. The lowest BCUT2D eigenvalue weighted by Crippen LogP contribution is -2.16. The number of benzene rings is 1. The van der Waals surface area contributed by atoms with Crippen molar-refractivity contribution in [2.45, 2.75) is 19.8 Å². The van der Waals surface area contributed by atoms with E-state index in [1.807, 2.05) is 19.9 Å². The zero-order valence-corrected chi connectivity index (χ0v) is 12.8. The lowest BCUT2D eigenvalue weighted by molar-refractivity contribution is 0.102. The summed E-state index contributed by atoms with van der Waals surface area (Å²) in [4.78, 5) is 16.8. The van der Waals surface area contributed by atoms with E-state index in [-0.39, 0.29) is 11.8 Å². The van der Waals surface area contributed by atoms with Gasteiger partial charge in [0.05, 0.1) is 17.8 Å². The van der Waals surface area contributed by atoms with Crippen molar-refractivity contribution in [3.63, 3.8) is 0 Å². The van der Waals surface area contributed by atoms with E-state index in [0.717, 1.165) is 5.69 Å². The summed E-state index contributed by atoms with van der Waals surface area (Å²) in [5.41, 5.74) is 2.92. The second kappa shape index (κ2) is 5.89. The van der Waals surface area contributed by atoms with Crippen LogP contribution in [0.3, 0.4) is 0 Å². The number of amides is 1. The Morgan fingerprint density at radius 2 is 2.13 bits per heavy atom. The van der Waals surface area contributed by atoms with E-state index >= 15 is 0 Å². The minimum atomic E-state index is -0.314. The Morgan fingerprint density at radius 3 is 2.87 bits per heavy atom. The summed E-state index contributed by atoms with van der Waals surface area (Å²) in [5, 5.41) is 15.9. The van der Waals surface area contributed by atoms with Crippen molar-refractivity contribution < 1.29 is 4.79 Å². The molecule has 0 atom stereocenters. The van der Waals surface area contributed by atoms with Crippen LogP contribution in [0.4, 0.5) is 5.69 Å². The number of carbonyl (C=O) groups is 1. The first-order chi connectivity index (χ1) is 11.1. The van der Waals surface area contributed by atoms with Crippen molar-refractivity contribution in [1.82, 2.24) is 14.6 Å². The summed E-state index contributed by atoms with van der Waals surface area (Å²) in [5.74, 6) is -0.112. The lowest BCUT2D eigenvalue weighted by Gasteiger charge is -2.11. The number of aromatic nitrogens is 3. The van der Waals surface area contributed by atoms with Crippen LogP contribution in [-0.2, 0) is 0 Å². The molecule has 0 saturated carbocycles. The number of carbonyl (C=O) groups excluding carboxylic acids is 1. The largest absolute Gasteiger partial charge is 0.321 e. The molecule has 2 heterocycles. The fourth-order valence-electron chi connectivity index (χ4n) is 2.33. The van der Waals surface area contributed by atoms with Gasteiger partial charge in [-0.1, -0.05) is 19.9 Å². The molecule has 3 rings (SSSR count). The Morgan fingerprint density at radius 1 is 1.30 bits per heavy atom. The Kier molecular flexibility index (Phi) is 3.77. The maximum absolute atomic E-state index is 12.5. The molecule has 6 heteroatoms. The van der Waals surface area contributed by atoms with Gasteiger partial charge in [0, 0.05) is 17.4 Å². The first-order valence-electron chi connectivity index (χ1n) is 7.24. The molecular weight excluding hydrogens is 290 g/mol. The SMILES string of the molecule is CC(C)c1cc(C(=O)Nc2cccc(C#N)c2)nc2ccnn12. The van der Waals surface area contributed by atoms with Crippen LogP contribution in [0.2, 0.25) is 0 Å².